The summed E-state index contributed by atoms with van der Waals surface area (Å²) in [6.45, 7) is 0. The van der Waals surface area contributed by atoms with Gasteiger partial charge in [0.2, 0.25) is 5.91 Å². The molecule has 0 aromatic heterocycles. The Morgan fingerprint density at radius 1 is 1.40 bits per heavy atom. The average molecular weight is 203 g/mol. The molecule has 0 radical (unpaired) electrons. The maximum atomic E-state index is 11.3. The highest BCUT2D eigenvalue weighted by molar-refractivity contribution is 5.82. The topological polar surface area (TPSA) is 46.2 Å². The maximum absolute atomic E-state index is 11.3. The third kappa shape index (κ3) is 1.91. The van der Waals surface area contributed by atoms with Gasteiger partial charge in [-0.25, -0.2) is 0 Å². The molecule has 0 saturated heterocycles. The van der Waals surface area contributed by atoms with E-state index in [1.54, 1.807) is 19.2 Å². The second-order valence-corrected chi connectivity index (χ2v) is 3.85. The van der Waals surface area contributed by atoms with Gasteiger partial charge < -0.3 is 5.32 Å². The third-order valence-electron chi connectivity index (χ3n) is 2.87. The minimum Gasteiger partial charge on any atom is -0.359 e. The van der Waals surface area contributed by atoms with Gasteiger partial charge in [-0.1, -0.05) is 24.3 Å². The molecule has 1 aliphatic rings. The van der Waals surface area contributed by atoms with Crippen LogP contribution in [0.2, 0.25) is 0 Å². The van der Waals surface area contributed by atoms with E-state index in [0.717, 1.165) is 18.3 Å². The number of benzene rings is 1. The summed E-state index contributed by atoms with van der Waals surface area (Å²) in [5.41, 5.74) is 1.82. The zero-order chi connectivity index (χ0) is 10.8. The first kappa shape index (κ1) is 9.90. The van der Waals surface area contributed by atoms with Crippen LogP contribution in [0, 0.1) is 5.92 Å². The van der Waals surface area contributed by atoms with Crippen molar-refractivity contribution in [3.05, 3.63) is 35.4 Å². The summed E-state index contributed by atoms with van der Waals surface area (Å²) in [6.07, 6.45) is 1.74. The molecule has 1 fully saturated rings. The van der Waals surface area contributed by atoms with Crippen LogP contribution in [-0.2, 0) is 4.79 Å². The molecule has 0 aliphatic heterocycles. The number of hydrogen-bond acceptors (Lipinski definition) is 2. The SMILES string of the molecule is CNC(=O)[C@@H]1C[C@H]1c1ccc(C=O)cc1. The van der Waals surface area contributed by atoms with Crippen LogP contribution in [0.25, 0.3) is 0 Å². The van der Waals surface area contributed by atoms with E-state index in [2.05, 4.69) is 5.32 Å². The van der Waals surface area contributed by atoms with E-state index in [-0.39, 0.29) is 11.8 Å². The summed E-state index contributed by atoms with van der Waals surface area (Å²) in [6, 6.07) is 7.44. The Kier molecular flexibility index (Phi) is 2.54. The number of rotatable bonds is 3. The molecule has 0 heterocycles. The molecule has 2 rings (SSSR count). The second-order valence-electron chi connectivity index (χ2n) is 3.85. The summed E-state index contributed by atoms with van der Waals surface area (Å²) >= 11 is 0. The lowest BCUT2D eigenvalue weighted by Crippen LogP contribution is -2.20. The Morgan fingerprint density at radius 2 is 2.07 bits per heavy atom. The molecule has 0 unspecified atom stereocenters. The molecule has 15 heavy (non-hydrogen) atoms. The first-order valence-electron chi connectivity index (χ1n) is 5.03. The molecule has 1 amide bonds. The normalized spacial score (nSPS) is 23.3. The third-order valence-corrected chi connectivity index (χ3v) is 2.87. The van der Waals surface area contributed by atoms with E-state index < -0.39 is 0 Å². The van der Waals surface area contributed by atoms with Crippen LogP contribution in [-0.4, -0.2) is 19.2 Å². The zero-order valence-electron chi connectivity index (χ0n) is 8.57. The van der Waals surface area contributed by atoms with Gasteiger partial charge in [-0.3, -0.25) is 9.59 Å². The van der Waals surface area contributed by atoms with Crippen molar-refractivity contribution in [2.24, 2.45) is 5.92 Å². The van der Waals surface area contributed by atoms with E-state index in [9.17, 15) is 9.59 Å². The lowest BCUT2D eigenvalue weighted by atomic mass is 10.1. The Hall–Kier alpha value is -1.64. The highest BCUT2D eigenvalue weighted by Gasteiger charge is 2.43. The fraction of sp³-hybridized carbons (Fsp3) is 0.333. The average Bonchev–Trinajstić information content (AvgIpc) is 3.08. The van der Waals surface area contributed by atoms with Gasteiger partial charge >= 0.3 is 0 Å². The van der Waals surface area contributed by atoms with Crippen molar-refractivity contribution in [3.8, 4) is 0 Å². The van der Waals surface area contributed by atoms with Gasteiger partial charge in [-0.15, -0.1) is 0 Å². The quantitative estimate of drug-likeness (QED) is 0.754. The van der Waals surface area contributed by atoms with Crippen molar-refractivity contribution in [1.29, 1.82) is 0 Å². The van der Waals surface area contributed by atoms with Crippen LogP contribution in [0.5, 0.6) is 0 Å². The first-order chi connectivity index (χ1) is 7.26. The maximum Gasteiger partial charge on any atom is 0.223 e. The number of aldehydes is 1. The molecule has 1 saturated carbocycles. The van der Waals surface area contributed by atoms with Crippen LogP contribution >= 0.6 is 0 Å². The summed E-state index contributed by atoms with van der Waals surface area (Å²) < 4.78 is 0. The van der Waals surface area contributed by atoms with Gasteiger partial charge in [0.25, 0.3) is 0 Å². The standard InChI is InChI=1S/C12H13NO2/c1-13-12(15)11-6-10(11)9-4-2-8(7-14)3-5-9/h2-5,7,10-11H,6H2,1H3,(H,13,15)/t10-,11+/m0/s1. The van der Waals surface area contributed by atoms with Crippen LogP contribution in [0.15, 0.2) is 24.3 Å². The Labute approximate surface area is 88.5 Å². The van der Waals surface area contributed by atoms with Crippen LogP contribution in [0.1, 0.15) is 28.3 Å². The monoisotopic (exact) mass is 203 g/mol. The molecular formula is C12H13NO2. The molecule has 3 heteroatoms. The van der Waals surface area contributed by atoms with Gasteiger partial charge in [0.15, 0.2) is 0 Å². The van der Waals surface area contributed by atoms with Crippen LogP contribution in [0.4, 0.5) is 0 Å². The fourth-order valence-electron chi connectivity index (χ4n) is 1.86. The predicted octanol–water partition coefficient (Wildman–Crippen LogP) is 1.35. The number of hydrogen-bond donors (Lipinski definition) is 1. The van der Waals surface area contributed by atoms with E-state index in [4.69, 9.17) is 0 Å². The van der Waals surface area contributed by atoms with E-state index in [1.165, 1.54) is 0 Å². The smallest absolute Gasteiger partial charge is 0.223 e. The molecule has 1 aliphatic carbocycles. The van der Waals surface area contributed by atoms with Crippen molar-refractivity contribution in [2.45, 2.75) is 12.3 Å². The minimum atomic E-state index is 0.111. The zero-order valence-corrected chi connectivity index (χ0v) is 8.57. The van der Waals surface area contributed by atoms with Gasteiger partial charge in [-0.2, -0.15) is 0 Å². The largest absolute Gasteiger partial charge is 0.359 e. The summed E-state index contributed by atoms with van der Waals surface area (Å²) in [7, 11) is 1.66. The fourth-order valence-corrected chi connectivity index (χ4v) is 1.86. The molecule has 0 spiro atoms. The van der Waals surface area contributed by atoms with Crippen molar-refractivity contribution in [3.63, 3.8) is 0 Å². The van der Waals surface area contributed by atoms with Gasteiger partial charge in [0.1, 0.15) is 6.29 Å². The van der Waals surface area contributed by atoms with E-state index in [1.807, 2.05) is 12.1 Å². The number of carbonyl (C=O) groups is 2. The molecule has 1 aromatic rings. The van der Waals surface area contributed by atoms with Gasteiger partial charge in [0.05, 0.1) is 0 Å². The summed E-state index contributed by atoms with van der Waals surface area (Å²) in [4.78, 5) is 21.8. The lowest BCUT2D eigenvalue weighted by Gasteiger charge is -2.00. The number of carbonyl (C=O) groups excluding carboxylic acids is 2. The lowest BCUT2D eigenvalue weighted by molar-refractivity contribution is -0.121. The van der Waals surface area contributed by atoms with Crippen molar-refractivity contribution in [2.75, 3.05) is 7.05 Å². The van der Waals surface area contributed by atoms with Crippen molar-refractivity contribution < 1.29 is 9.59 Å². The van der Waals surface area contributed by atoms with Crippen molar-refractivity contribution >= 4 is 12.2 Å². The Bertz CT molecular complexity index is 383. The highest BCUT2D eigenvalue weighted by atomic mass is 16.2. The molecule has 3 nitrogen and oxygen atoms in total. The minimum absolute atomic E-state index is 0.111. The van der Waals surface area contributed by atoms with Crippen LogP contribution in [0.3, 0.4) is 0 Å². The Morgan fingerprint density at radius 3 is 2.60 bits per heavy atom. The summed E-state index contributed by atoms with van der Waals surface area (Å²) in [5, 5.41) is 2.65. The Balaban J connectivity index is 2.07. The molecule has 78 valence electrons. The van der Waals surface area contributed by atoms with Gasteiger partial charge in [0, 0.05) is 18.5 Å². The van der Waals surface area contributed by atoms with Crippen LogP contribution < -0.4 is 5.32 Å². The summed E-state index contributed by atoms with van der Waals surface area (Å²) in [5.74, 6) is 0.571. The first-order valence-corrected chi connectivity index (χ1v) is 5.03. The predicted molar refractivity (Wildman–Crippen MR) is 56.7 cm³/mol. The van der Waals surface area contributed by atoms with E-state index in [0.29, 0.717) is 11.5 Å². The molecule has 1 N–H and O–H groups in total. The number of amides is 1. The number of nitrogens with one attached hydrogen (secondary N) is 1. The van der Waals surface area contributed by atoms with Crippen molar-refractivity contribution in [1.82, 2.24) is 5.32 Å². The van der Waals surface area contributed by atoms with E-state index >= 15 is 0 Å². The molecular weight excluding hydrogens is 190 g/mol. The second kappa shape index (κ2) is 3.85. The molecule has 0 bridgehead atoms. The van der Waals surface area contributed by atoms with Gasteiger partial charge in [-0.05, 0) is 17.9 Å². The molecule has 2 atom stereocenters. The molecule has 1 aromatic carbocycles. The highest BCUT2D eigenvalue weighted by Crippen LogP contribution is 2.47.